The largest absolute Gasteiger partial charge is 0.288 e. The second-order valence-electron chi connectivity index (χ2n) is 4.84. The molecular formula is C13H15FN4S. The number of hydrogen-bond donors (Lipinski definition) is 0. The Hall–Kier alpha value is -1.40. The van der Waals surface area contributed by atoms with E-state index in [-0.39, 0.29) is 5.82 Å². The van der Waals surface area contributed by atoms with Crippen LogP contribution in [0.15, 0.2) is 29.4 Å². The lowest BCUT2D eigenvalue weighted by Crippen LogP contribution is -2.35. The molecule has 1 aromatic carbocycles. The van der Waals surface area contributed by atoms with E-state index in [0.29, 0.717) is 6.04 Å². The van der Waals surface area contributed by atoms with E-state index < -0.39 is 0 Å². The van der Waals surface area contributed by atoms with E-state index in [9.17, 15) is 4.39 Å². The van der Waals surface area contributed by atoms with Gasteiger partial charge in [0.2, 0.25) is 0 Å². The highest BCUT2D eigenvalue weighted by Crippen LogP contribution is 2.29. The highest BCUT2D eigenvalue weighted by molar-refractivity contribution is 7.99. The first-order valence-electron chi connectivity index (χ1n) is 6.21. The minimum absolute atomic E-state index is 0.251. The molecule has 0 N–H and O–H groups in total. The van der Waals surface area contributed by atoms with Gasteiger partial charge in [0, 0.05) is 11.6 Å². The Kier molecular flexibility index (Phi) is 3.28. The van der Waals surface area contributed by atoms with E-state index >= 15 is 0 Å². The van der Waals surface area contributed by atoms with Gasteiger partial charge in [-0.1, -0.05) is 23.9 Å². The number of rotatable bonds is 2. The molecule has 1 aromatic heterocycles. The third-order valence-corrected chi connectivity index (χ3v) is 4.23. The summed E-state index contributed by atoms with van der Waals surface area (Å²) in [6, 6.07) is 6.95. The van der Waals surface area contributed by atoms with E-state index in [2.05, 4.69) is 28.9 Å². The van der Waals surface area contributed by atoms with E-state index in [1.165, 1.54) is 12.1 Å². The average molecular weight is 278 g/mol. The quantitative estimate of drug-likeness (QED) is 0.846. The summed E-state index contributed by atoms with van der Waals surface area (Å²) in [7, 11) is 0. The Morgan fingerprint density at radius 3 is 2.89 bits per heavy atom. The van der Waals surface area contributed by atoms with Gasteiger partial charge in [0.15, 0.2) is 11.0 Å². The molecule has 0 radical (unpaired) electrons. The van der Waals surface area contributed by atoms with Gasteiger partial charge in [0.1, 0.15) is 5.82 Å². The highest BCUT2D eigenvalue weighted by atomic mass is 32.2. The van der Waals surface area contributed by atoms with Gasteiger partial charge in [-0.2, -0.15) is 0 Å². The topological polar surface area (TPSA) is 34.0 Å². The molecule has 100 valence electrons. The molecular weight excluding hydrogens is 263 g/mol. The van der Waals surface area contributed by atoms with Crippen LogP contribution in [-0.2, 0) is 6.67 Å². The first kappa shape index (κ1) is 12.6. The number of hydrogen-bond acceptors (Lipinski definition) is 4. The lowest BCUT2D eigenvalue weighted by Gasteiger charge is -2.30. The van der Waals surface area contributed by atoms with Gasteiger partial charge in [0.05, 0.1) is 12.5 Å². The van der Waals surface area contributed by atoms with Crippen LogP contribution < -0.4 is 0 Å². The van der Waals surface area contributed by atoms with Crippen molar-refractivity contribution < 1.29 is 4.39 Å². The maximum atomic E-state index is 13.3. The predicted molar refractivity (Wildman–Crippen MR) is 73.1 cm³/mol. The van der Waals surface area contributed by atoms with Crippen LogP contribution in [0.25, 0.3) is 11.4 Å². The number of nitrogens with zero attached hydrogens (tertiary/aromatic N) is 4. The molecule has 0 unspecified atom stereocenters. The summed E-state index contributed by atoms with van der Waals surface area (Å²) in [6.07, 6.45) is 0. The van der Waals surface area contributed by atoms with Crippen molar-refractivity contribution >= 4 is 11.8 Å². The summed E-state index contributed by atoms with van der Waals surface area (Å²) in [5.74, 6) is 1.39. The van der Waals surface area contributed by atoms with Gasteiger partial charge in [-0.25, -0.2) is 4.39 Å². The molecule has 0 saturated heterocycles. The highest BCUT2D eigenvalue weighted by Gasteiger charge is 2.23. The molecule has 2 heterocycles. The maximum absolute atomic E-state index is 13.3. The lowest BCUT2D eigenvalue weighted by molar-refractivity contribution is 0.193. The molecule has 1 aliphatic rings. The summed E-state index contributed by atoms with van der Waals surface area (Å²) >= 11 is 1.67. The molecule has 6 heteroatoms. The van der Waals surface area contributed by atoms with Crippen molar-refractivity contribution in [1.29, 1.82) is 0 Å². The molecule has 2 aromatic rings. The molecule has 0 amide bonds. The van der Waals surface area contributed by atoms with Crippen molar-refractivity contribution in [2.75, 3.05) is 5.88 Å². The summed E-state index contributed by atoms with van der Waals surface area (Å²) in [6.45, 7) is 5.08. The molecule has 3 rings (SSSR count). The predicted octanol–water partition coefficient (Wildman–Crippen LogP) is 2.82. The Morgan fingerprint density at radius 1 is 1.32 bits per heavy atom. The van der Waals surface area contributed by atoms with Crippen LogP contribution in [0.2, 0.25) is 0 Å². The van der Waals surface area contributed by atoms with E-state index in [1.54, 1.807) is 17.8 Å². The summed E-state index contributed by atoms with van der Waals surface area (Å²) in [5, 5.41) is 9.28. The van der Waals surface area contributed by atoms with E-state index in [0.717, 1.165) is 29.1 Å². The van der Waals surface area contributed by atoms with Crippen molar-refractivity contribution in [3.8, 4) is 11.4 Å². The van der Waals surface area contributed by atoms with Crippen LogP contribution in [-0.4, -0.2) is 31.6 Å². The zero-order valence-corrected chi connectivity index (χ0v) is 11.7. The number of fused-ring (bicyclic) bond motifs is 1. The standard InChI is InChI=1S/C13H15FN4S/c1-9(2)17-7-18-12(15-16-13(18)19-8-17)10-4-3-5-11(14)6-10/h3-6,9H,7-8H2,1-2H3. The zero-order valence-electron chi connectivity index (χ0n) is 10.9. The Labute approximate surface area is 115 Å². The van der Waals surface area contributed by atoms with Crippen molar-refractivity contribution in [2.24, 2.45) is 0 Å². The van der Waals surface area contributed by atoms with Gasteiger partial charge < -0.3 is 0 Å². The lowest BCUT2D eigenvalue weighted by atomic mass is 10.2. The normalized spacial score (nSPS) is 15.8. The Morgan fingerprint density at radius 2 is 2.16 bits per heavy atom. The minimum atomic E-state index is -0.251. The molecule has 1 aliphatic heterocycles. The molecule has 0 saturated carbocycles. The molecule has 0 bridgehead atoms. The summed E-state index contributed by atoms with van der Waals surface area (Å²) < 4.78 is 15.4. The number of aromatic nitrogens is 3. The second kappa shape index (κ2) is 4.94. The fraction of sp³-hybridized carbons (Fsp3) is 0.385. The zero-order chi connectivity index (χ0) is 13.4. The van der Waals surface area contributed by atoms with Crippen LogP contribution >= 0.6 is 11.8 Å². The summed E-state index contributed by atoms with van der Waals surface area (Å²) in [4.78, 5) is 2.32. The number of halogens is 1. The van der Waals surface area contributed by atoms with Crippen LogP contribution in [0.5, 0.6) is 0 Å². The second-order valence-corrected chi connectivity index (χ2v) is 5.75. The maximum Gasteiger partial charge on any atom is 0.193 e. The smallest absolute Gasteiger partial charge is 0.193 e. The minimum Gasteiger partial charge on any atom is -0.288 e. The van der Waals surface area contributed by atoms with Gasteiger partial charge in [-0.05, 0) is 26.0 Å². The number of thioether (sulfide) groups is 1. The van der Waals surface area contributed by atoms with Crippen molar-refractivity contribution in [3.63, 3.8) is 0 Å². The molecule has 4 nitrogen and oxygen atoms in total. The van der Waals surface area contributed by atoms with Crippen molar-refractivity contribution in [3.05, 3.63) is 30.1 Å². The van der Waals surface area contributed by atoms with Crippen molar-refractivity contribution in [1.82, 2.24) is 19.7 Å². The molecule has 19 heavy (non-hydrogen) atoms. The molecule has 0 atom stereocenters. The SMILES string of the molecule is CC(C)N1CSc2nnc(-c3cccc(F)c3)n2C1. The van der Waals surface area contributed by atoms with Crippen LogP contribution in [0, 0.1) is 5.82 Å². The monoisotopic (exact) mass is 278 g/mol. The van der Waals surface area contributed by atoms with Gasteiger partial charge in [0.25, 0.3) is 0 Å². The molecule has 0 fully saturated rings. The van der Waals surface area contributed by atoms with Gasteiger partial charge in [-0.3, -0.25) is 9.47 Å². The van der Waals surface area contributed by atoms with E-state index in [1.807, 2.05) is 10.6 Å². The van der Waals surface area contributed by atoms with Crippen LogP contribution in [0.4, 0.5) is 4.39 Å². The van der Waals surface area contributed by atoms with Crippen LogP contribution in [0.1, 0.15) is 13.8 Å². The third kappa shape index (κ3) is 2.37. The summed E-state index contributed by atoms with van der Waals surface area (Å²) in [5.41, 5.74) is 0.768. The third-order valence-electron chi connectivity index (χ3n) is 3.21. The Balaban J connectivity index is 1.99. The van der Waals surface area contributed by atoms with E-state index in [4.69, 9.17) is 0 Å². The van der Waals surface area contributed by atoms with Gasteiger partial charge in [-0.15, -0.1) is 10.2 Å². The average Bonchev–Trinajstić information content (AvgIpc) is 2.81. The Bertz CT molecular complexity index is 596. The molecule has 0 aliphatic carbocycles. The molecule has 0 spiro atoms. The fourth-order valence-corrected chi connectivity index (χ4v) is 3.10. The first-order valence-corrected chi connectivity index (χ1v) is 7.19. The van der Waals surface area contributed by atoms with Crippen molar-refractivity contribution in [2.45, 2.75) is 31.7 Å². The fourth-order valence-electron chi connectivity index (χ4n) is 2.04. The van der Waals surface area contributed by atoms with Crippen LogP contribution in [0.3, 0.4) is 0 Å². The van der Waals surface area contributed by atoms with Gasteiger partial charge >= 0.3 is 0 Å². The number of benzene rings is 1. The first-order chi connectivity index (χ1) is 9.15.